The molecule has 0 saturated heterocycles. The summed E-state index contributed by atoms with van der Waals surface area (Å²) < 4.78 is 10.7. The van der Waals surface area contributed by atoms with Crippen LogP contribution in [0.5, 0.6) is 11.5 Å². The van der Waals surface area contributed by atoms with Gasteiger partial charge >= 0.3 is 6.03 Å². The lowest BCUT2D eigenvalue weighted by Gasteiger charge is -2.15. The van der Waals surface area contributed by atoms with Crippen molar-refractivity contribution in [1.29, 1.82) is 0 Å². The van der Waals surface area contributed by atoms with Crippen LogP contribution in [0.3, 0.4) is 0 Å². The van der Waals surface area contributed by atoms with Gasteiger partial charge in [-0.2, -0.15) is 0 Å². The fraction of sp³-hybridized carbons (Fsp3) is 0.316. The molecule has 24 heavy (non-hydrogen) atoms. The Morgan fingerprint density at radius 3 is 2.62 bits per heavy atom. The smallest absolute Gasteiger partial charge is 0.319 e. The van der Waals surface area contributed by atoms with Crippen molar-refractivity contribution in [2.45, 2.75) is 32.7 Å². The van der Waals surface area contributed by atoms with E-state index >= 15 is 0 Å². The maximum Gasteiger partial charge on any atom is 0.319 e. The number of amides is 2. The van der Waals surface area contributed by atoms with Gasteiger partial charge in [0, 0.05) is 5.69 Å². The third-order valence-corrected chi connectivity index (χ3v) is 3.99. The van der Waals surface area contributed by atoms with Gasteiger partial charge in [0.05, 0.1) is 6.04 Å². The number of fused-ring (bicyclic) bond motifs is 1. The number of carbonyl (C=O) groups is 1. The lowest BCUT2D eigenvalue weighted by molar-refractivity contribution is 0.174. The number of carbonyl (C=O) groups excluding carboxylic acids is 1. The number of rotatable bonds is 5. The van der Waals surface area contributed by atoms with E-state index in [4.69, 9.17) is 9.47 Å². The zero-order valence-electron chi connectivity index (χ0n) is 14.0. The Balaban J connectivity index is 1.57. The Morgan fingerprint density at radius 1 is 1.12 bits per heavy atom. The van der Waals surface area contributed by atoms with Crippen LogP contribution in [-0.4, -0.2) is 12.8 Å². The minimum atomic E-state index is -0.233. The lowest BCUT2D eigenvalue weighted by atomic mass is 10.1. The van der Waals surface area contributed by atoms with Crippen LogP contribution in [0.1, 0.15) is 37.4 Å². The Morgan fingerprint density at radius 2 is 1.88 bits per heavy atom. The fourth-order valence-corrected chi connectivity index (χ4v) is 2.67. The predicted molar refractivity (Wildman–Crippen MR) is 93.6 cm³/mol. The van der Waals surface area contributed by atoms with Crippen molar-refractivity contribution in [1.82, 2.24) is 5.32 Å². The molecule has 5 heteroatoms. The molecule has 2 aromatic carbocycles. The Labute approximate surface area is 142 Å². The SMILES string of the molecule is CCCc1ccc(NC(=O)NC(C)c2ccc3c(c2)OCO3)cc1. The lowest BCUT2D eigenvalue weighted by Crippen LogP contribution is -2.31. The number of aryl methyl sites for hydroxylation is 1. The van der Waals surface area contributed by atoms with Crippen LogP contribution in [0.4, 0.5) is 10.5 Å². The highest BCUT2D eigenvalue weighted by molar-refractivity contribution is 5.89. The highest BCUT2D eigenvalue weighted by Gasteiger charge is 2.16. The van der Waals surface area contributed by atoms with Crippen molar-refractivity contribution in [2.24, 2.45) is 0 Å². The average Bonchev–Trinajstić information content (AvgIpc) is 3.04. The van der Waals surface area contributed by atoms with Crippen LogP contribution < -0.4 is 20.1 Å². The largest absolute Gasteiger partial charge is 0.454 e. The second-order valence-corrected chi connectivity index (χ2v) is 5.88. The quantitative estimate of drug-likeness (QED) is 0.863. The van der Waals surface area contributed by atoms with Crippen LogP contribution in [0.25, 0.3) is 0 Å². The topological polar surface area (TPSA) is 59.6 Å². The summed E-state index contributed by atoms with van der Waals surface area (Å²) in [4.78, 5) is 12.2. The molecule has 1 aliphatic rings. The van der Waals surface area contributed by atoms with E-state index in [1.807, 2.05) is 49.4 Å². The minimum Gasteiger partial charge on any atom is -0.454 e. The molecule has 1 aliphatic heterocycles. The van der Waals surface area contributed by atoms with Crippen molar-refractivity contribution >= 4 is 11.7 Å². The summed E-state index contributed by atoms with van der Waals surface area (Å²) in [6.07, 6.45) is 2.16. The van der Waals surface area contributed by atoms with Gasteiger partial charge in [0.15, 0.2) is 11.5 Å². The fourth-order valence-electron chi connectivity index (χ4n) is 2.67. The first-order chi connectivity index (χ1) is 11.7. The second kappa shape index (κ2) is 7.25. The molecule has 5 nitrogen and oxygen atoms in total. The highest BCUT2D eigenvalue weighted by Crippen LogP contribution is 2.34. The standard InChI is InChI=1S/C19H22N2O3/c1-3-4-14-5-8-16(9-6-14)21-19(22)20-13(2)15-7-10-17-18(11-15)24-12-23-17/h5-11,13H,3-4,12H2,1-2H3,(H2,20,21,22). The summed E-state index contributed by atoms with van der Waals surface area (Å²) in [7, 11) is 0. The maximum atomic E-state index is 12.2. The molecule has 1 heterocycles. The molecule has 0 fully saturated rings. The number of hydrogen-bond donors (Lipinski definition) is 2. The summed E-state index contributed by atoms with van der Waals surface area (Å²) in [6.45, 7) is 4.33. The van der Waals surface area contributed by atoms with Gasteiger partial charge in [0.25, 0.3) is 0 Å². The number of benzene rings is 2. The van der Waals surface area contributed by atoms with Gasteiger partial charge in [-0.1, -0.05) is 31.5 Å². The van der Waals surface area contributed by atoms with Crippen molar-refractivity contribution in [3.05, 3.63) is 53.6 Å². The van der Waals surface area contributed by atoms with Crippen LogP contribution in [0.2, 0.25) is 0 Å². The molecule has 126 valence electrons. The van der Waals surface area contributed by atoms with Gasteiger partial charge in [0.2, 0.25) is 6.79 Å². The van der Waals surface area contributed by atoms with Crippen molar-refractivity contribution in [3.63, 3.8) is 0 Å². The van der Waals surface area contributed by atoms with Crippen LogP contribution >= 0.6 is 0 Å². The Bertz CT molecular complexity index is 713. The Kier molecular flexibility index (Phi) is 4.89. The molecule has 2 aromatic rings. The number of urea groups is 1. The molecule has 0 radical (unpaired) electrons. The van der Waals surface area contributed by atoms with Crippen LogP contribution in [0, 0.1) is 0 Å². The molecule has 1 atom stereocenters. The van der Waals surface area contributed by atoms with E-state index in [9.17, 15) is 4.79 Å². The first-order valence-electron chi connectivity index (χ1n) is 8.21. The molecule has 1 unspecified atom stereocenters. The van der Waals surface area contributed by atoms with Crippen LogP contribution in [0.15, 0.2) is 42.5 Å². The third-order valence-electron chi connectivity index (χ3n) is 3.99. The van der Waals surface area contributed by atoms with Gasteiger partial charge in [-0.25, -0.2) is 4.79 Å². The molecular formula is C19H22N2O3. The molecule has 3 rings (SSSR count). The summed E-state index contributed by atoms with van der Waals surface area (Å²) in [6, 6.07) is 13.2. The van der Waals surface area contributed by atoms with E-state index < -0.39 is 0 Å². The van der Waals surface area contributed by atoms with Crippen molar-refractivity contribution in [2.75, 3.05) is 12.1 Å². The molecule has 0 aromatic heterocycles. The molecule has 0 saturated carbocycles. The summed E-state index contributed by atoms with van der Waals surface area (Å²) >= 11 is 0. The van der Waals surface area contributed by atoms with E-state index in [0.29, 0.717) is 5.75 Å². The number of nitrogens with one attached hydrogen (secondary N) is 2. The first-order valence-corrected chi connectivity index (χ1v) is 8.21. The summed E-state index contributed by atoms with van der Waals surface area (Å²) in [5, 5.41) is 5.79. The van der Waals surface area contributed by atoms with Crippen molar-refractivity contribution < 1.29 is 14.3 Å². The van der Waals surface area contributed by atoms with E-state index in [-0.39, 0.29) is 18.9 Å². The average molecular weight is 326 g/mol. The van der Waals surface area contributed by atoms with Crippen molar-refractivity contribution in [3.8, 4) is 11.5 Å². The number of anilines is 1. The summed E-state index contributed by atoms with van der Waals surface area (Å²) in [5.41, 5.74) is 3.02. The van der Waals surface area contributed by atoms with E-state index in [1.165, 1.54) is 5.56 Å². The minimum absolute atomic E-state index is 0.140. The van der Waals surface area contributed by atoms with Gasteiger partial charge < -0.3 is 20.1 Å². The predicted octanol–water partition coefficient (Wildman–Crippen LogP) is 4.25. The number of hydrogen-bond acceptors (Lipinski definition) is 3. The van der Waals surface area contributed by atoms with Gasteiger partial charge in [-0.05, 0) is 48.7 Å². The Hall–Kier alpha value is -2.69. The summed E-state index contributed by atoms with van der Waals surface area (Å²) in [5.74, 6) is 1.45. The monoisotopic (exact) mass is 326 g/mol. The highest BCUT2D eigenvalue weighted by atomic mass is 16.7. The van der Waals surface area contributed by atoms with Gasteiger partial charge in [0.1, 0.15) is 0 Å². The van der Waals surface area contributed by atoms with Gasteiger partial charge in [-0.3, -0.25) is 0 Å². The third kappa shape index (κ3) is 3.79. The molecule has 0 aliphatic carbocycles. The zero-order chi connectivity index (χ0) is 16.9. The van der Waals surface area contributed by atoms with Gasteiger partial charge in [-0.15, -0.1) is 0 Å². The molecule has 0 bridgehead atoms. The molecule has 2 N–H and O–H groups in total. The maximum absolute atomic E-state index is 12.2. The molecule has 0 spiro atoms. The first kappa shape index (κ1) is 16.2. The molecule has 2 amide bonds. The van der Waals surface area contributed by atoms with Crippen LogP contribution in [-0.2, 0) is 6.42 Å². The molecular weight excluding hydrogens is 304 g/mol. The number of ether oxygens (including phenoxy) is 2. The normalized spacial score (nSPS) is 13.4. The van der Waals surface area contributed by atoms with E-state index in [2.05, 4.69) is 17.6 Å². The zero-order valence-corrected chi connectivity index (χ0v) is 14.0. The second-order valence-electron chi connectivity index (χ2n) is 5.88. The van der Waals surface area contributed by atoms with E-state index in [1.54, 1.807) is 0 Å². The van der Waals surface area contributed by atoms with E-state index in [0.717, 1.165) is 29.8 Å².